The van der Waals surface area contributed by atoms with Crippen LogP contribution in [0.2, 0.25) is 0 Å². The normalized spacial score (nSPS) is 22.1. The summed E-state index contributed by atoms with van der Waals surface area (Å²) >= 11 is 0. The van der Waals surface area contributed by atoms with Crippen LogP contribution in [0.25, 0.3) is 0 Å². The molecule has 0 bridgehead atoms. The van der Waals surface area contributed by atoms with Gasteiger partial charge in [0.05, 0.1) is 0 Å². The average Bonchev–Trinajstić information content (AvgIpc) is 2.28. The first-order valence-electron chi connectivity index (χ1n) is 6.25. The molecule has 1 aliphatic heterocycles. The maximum absolute atomic E-state index is 12.1. The van der Waals surface area contributed by atoms with Crippen LogP contribution in [0, 0.1) is 5.92 Å². The van der Waals surface area contributed by atoms with E-state index in [1.807, 2.05) is 18.9 Å². The lowest BCUT2D eigenvalue weighted by Gasteiger charge is -2.34. The second-order valence-corrected chi connectivity index (χ2v) is 4.78. The van der Waals surface area contributed by atoms with Crippen molar-refractivity contribution in [1.82, 2.24) is 15.5 Å². The number of nitrogens with one attached hydrogen (secondary N) is 2. The Morgan fingerprint density at radius 1 is 1.47 bits per heavy atom. The van der Waals surface area contributed by atoms with Crippen molar-refractivity contribution >= 4 is 11.8 Å². The molecule has 0 aromatic carbocycles. The van der Waals surface area contributed by atoms with Crippen molar-refractivity contribution in [3.63, 3.8) is 0 Å². The number of likely N-dealkylation sites (tertiary alicyclic amines) is 1. The van der Waals surface area contributed by atoms with Gasteiger partial charge in [-0.15, -0.1) is 0 Å². The molecule has 1 heterocycles. The topological polar surface area (TPSA) is 61.4 Å². The van der Waals surface area contributed by atoms with E-state index in [1.165, 1.54) is 6.92 Å². The van der Waals surface area contributed by atoms with Gasteiger partial charge in [-0.25, -0.2) is 0 Å². The van der Waals surface area contributed by atoms with E-state index < -0.39 is 0 Å². The SMILES string of the molecule is CNCC(C)C(=O)N1CCCC(NC(C)=O)C1. The highest BCUT2D eigenvalue weighted by atomic mass is 16.2. The van der Waals surface area contributed by atoms with Crippen molar-refractivity contribution < 1.29 is 9.59 Å². The summed E-state index contributed by atoms with van der Waals surface area (Å²) in [7, 11) is 1.85. The van der Waals surface area contributed by atoms with Crippen molar-refractivity contribution in [1.29, 1.82) is 0 Å². The van der Waals surface area contributed by atoms with Gasteiger partial charge in [-0.2, -0.15) is 0 Å². The highest BCUT2D eigenvalue weighted by molar-refractivity contribution is 5.79. The third-order valence-electron chi connectivity index (χ3n) is 3.07. The predicted octanol–water partition coefficient (Wildman–Crippen LogP) is -0.0310. The Hall–Kier alpha value is -1.10. The molecule has 0 aliphatic carbocycles. The van der Waals surface area contributed by atoms with E-state index in [0.29, 0.717) is 13.1 Å². The largest absolute Gasteiger partial charge is 0.352 e. The number of piperidine rings is 1. The number of carbonyl (C=O) groups excluding carboxylic acids is 2. The van der Waals surface area contributed by atoms with Gasteiger partial charge in [0.1, 0.15) is 0 Å². The average molecular weight is 241 g/mol. The molecule has 1 saturated heterocycles. The van der Waals surface area contributed by atoms with E-state index >= 15 is 0 Å². The third kappa shape index (κ3) is 4.34. The molecular weight excluding hydrogens is 218 g/mol. The Bertz CT molecular complexity index is 281. The van der Waals surface area contributed by atoms with Crippen molar-refractivity contribution in [2.24, 2.45) is 5.92 Å². The van der Waals surface area contributed by atoms with Crippen LogP contribution in [-0.4, -0.2) is 49.4 Å². The molecule has 98 valence electrons. The zero-order chi connectivity index (χ0) is 12.8. The zero-order valence-electron chi connectivity index (χ0n) is 11.0. The first kappa shape index (κ1) is 14.0. The lowest BCUT2D eigenvalue weighted by molar-refractivity contribution is -0.136. The Balaban J connectivity index is 2.48. The number of hydrogen-bond acceptors (Lipinski definition) is 3. The monoisotopic (exact) mass is 241 g/mol. The van der Waals surface area contributed by atoms with E-state index in [-0.39, 0.29) is 23.8 Å². The molecular formula is C12H23N3O2. The van der Waals surface area contributed by atoms with Crippen LogP contribution in [0.5, 0.6) is 0 Å². The second-order valence-electron chi connectivity index (χ2n) is 4.78. The molecule has 17 heavy (non-hydrogen) atoms. The summed E-state index contributed by atoms with van der Waals surface area (Å²) in [6.07, 6.45) is 1.92. The molecule has 0 aromatic rings. The van der Waals surface area contributed by atoms with Crippen LogP contribution in [0.3, 0.4) is 0 Å². The van der Waals surface area contributed by atoms with Gasteiger partial charge in [-0.05, 0) is 19.9 Å². The van der Waals surface area contributed by atoms with Crippen LogP contribution in [-0.2, 0) is 9.59 Å². The minimum absolute atomic E-state index is 0.00363. The Morgan fingerprint density at radius 3 is 2.76 bits per heavy atom. The summed E-state index contributed by atoms with van der Waals surface area (Å²) in [4.78, 5) is 25.0. The van der Waals surface area contributed by atoms with E-state index in [4.69, 9.17) is 0 Å². The maximum Gasteiger partial charge on any atom is 0.226 e. The van der Waals surface area contributed by atoms with Crippen molar-refractivity contribution in [3.05, 3.63) is 0 Å². The van der Waals surface area contributed by atoms with Crippen molar-refractivity contribution in [2.75, 3.05) is 26.7 Å². The molecule has 1 rings (SSSR count). The standard InChI is InChI=1S/C12H23N3O2/c1-9(7-13-3)12(17)15-6-4-5-11(8-15)14-10(2)16/h9,11,13H,4-8H2,1-3H3,(H,14,16). The van der Waals surface area contributed by atoms with Crippen molar-refractivity contribution in [2.45, 2.75) is 32.7 Å². The second kappa shape index (κ2) is 6.59. The number of nitrogens with zero attached hydrogens (tertiary/aromatic N) is 1. The molecule has 0 spiro atoms. The first-order valence-corrected chi connectivity index (χ1v) is 6.25. The highest BCUT2D eigenvalue weighted by Crippen LogP contribution is 2.13. The summed E-state index contributed by atoms with van der Waals surface area (Å²) in [5.74, 6) is 0.151. The molecule has 2 unspecified atom stereocenters. The molecule has 5 nitrogen and oxygen atoms in total. The quantitative estimate of drug-likeness (QED) is 0.726. The minimum Gasteiger partial charge on any atom is -0.352 e. The molecule has 0 radical (unpaired) electrons. The number of carbonyl (C=O) groups is 2. The van der Waals surface area contributed by atoms with E-state index in [2.05, 4.69) is 10.6 Å². The van der Waals surface area contributed by atoms with Gasteiger partial charge < -0.3 is 15.5 Å². The highest BCUT2D eigenvalue weighted by Gasteiger charge is 2.26. The lowest BCUT2D eigenvalue weighted by atomic mass is 10.0. The Labute approximate surface area is 103 Å². The van der Waals surface area contributed by atoms with Gasteiger partial charge in [-0.3, -0.25) is 9.59 Å². The van der Waals surface area contributed by atoms with Crippen LogP contribution >= 0.6 is 0 Å². The van der Waals surface area contributed by atoms with Gasteiger partial charge in [0.25, 0.3) is 0 Å². The van der Waals surface area contributed by atoms with Gasteiger partial charge in [0.15, 0.2) is 0 Å². The summed E-state index contributed by atoms with van der Waals surface area (Å²) < 4.78 is 0. The first-order chi connectivity index (χ1) is 8.04. The van der Waals surface area contributed by atoms with Crippen LogP contribution in [0.4, 0.5) is 0 Å². The fourth-order valence-electron chi connectivity index (χ4n) is 2.29. The summed E-state index contributed by atoms with van der Waals surface area (Å²) in [6, 6.07) is 0.118. The van der Waals surface area contributed by atoms with E-state index in [9.17, 15) is 9.59 Å². The number of amides is 2. The smallest absolute Gasteiger partial charge is 0.226 e. The zero-order valence-corrected chi connectivity index (χ0v) is 11.0. The molecule has 1 fully saturated rings. The molecule has 2 atom stereocenters. The van der Waals surface area contributed by atoms with Gasteiger partial charge in [0.2, 0.25) is 11.8 Å². The third-order valence-corrected chi connectivity index (χ3v) is 3.07. The number of rotatable bonds is 4. The van der Waals surface area contributed by atoms with Crippen LogP contribution in [0.1, 0.15) is 26.7 Å². The molecule has 5 heteroatoms. The van der Waals surface area contributed by atoms with Crippen molar-refractivity contribution in [3.8, 4) is 0 Å². The summed E-state index contributed by atoms with van der Waals surface area (Å²) in [5.41, 5.74) is 0. The summed E-state index contributed by atoms with van der Waals surface area (Å²) in [5, 5.41) is 5.90. The maximum atomic E-state index is 12.1. The number of hydrogen-bond donors (Lipinski definition) is 2. The van der Waals surface area contributed by atoms with E-state index in [1.54, 1.807) is 0 Å². The predicted molar refractivity (Wildman–Crippen MR) is 66.5 cm³/mol. The molecule has 2 N–H and O–H groups in total. The summed E-state index contributed by atoms with van der Waals surface area (Å²) in [6.45, 7) is 5.60. The molecule has 1 aliphatic rings. The van der Waals surface area contributed by atoms with Gasteiger partial charge >= 0.3 is 0 Å². The minimum atomic E-state index is -0.0208. The Kier molecular flexibility index (Phi) is 5.41. The van der Waals surface area contributed by atoms with Crippen LogP contribution in [0.15, 0.2) is 0 Å². The fourth-order valence-corrected chi connectivity index (χ4v) is 2.29. The van der Waals surface area contributed by atoms with Gasteiger partial charge in [0, 0.05) is 38.5 Å². The lowest BCUT2D eigenvalue weighted by Crippen LogP contribution is -2.51. The fraction of sp³-hybridized carbons (Fsp3) is 0.833. The molecule has 0 aromatic heterocycles. The van der Waals surface area contributed by atoms with Crippen LogP contribution < -0.4 is 10.6 Å². The Morgan fingerprint density at radius 2 is 2.18 bits per heavy atom. The van der Waals surface area contributed by atoms with Gasteiger partial charge in [-0.1, -0.05) is 6.92 Å². The molecule has 2 amide bonds. The molecule has 0 saturated carbocycles. The van der Waals surface area contributed by atoms with E-state index in [0.717, 1.165) is 19.4 Å².